The number of rotatable bonds is 3. The van der Waals surface area contributed by atoms with E-state index in [2.05, 4.69) is 0 Å². The van der Waals surface area contributed by atoms with Gasteiger partial charge in [-0.15, -0.1) is 0 Å². The Balaban J connectivity index is 1.91. The number of hydrogen-bond acceptors (Lipinski definition) is 3. The second-order valence-electron chi connectivity index (χ2n) is 5.22. The highest BCUT2D eigenvalue weighted by Crippen LogP contribution is 2.27. The predicted octanol–water partition coefficient (Wildman–Crippen LogP) is 1.27. The molecule has 0 spiro atoms. The van der Waals surface area contributed by atoms with Crippen molar-refractivity contribution in [3.63, 3.8) is 0 Å². The van der Waals surface area contributed by atoms with Crippen LogP contribution in [-0.4, -0.2) is 47.7 Å². The van der Waals surface area contributed by atoms with Crippen LogP contribution < -0.4 is 0 Å². The summed E-state index contributed by atoms with van der Waals surface area (Å²) in [7, 11) is 0. The Kier molecular flexibility index (Phi) is 4.58. The molecule has 1 saturated carbocycles. The van der Waals surface area contributed by atoms with Gasteiger partial charge in [0.2, 0.25) is 5.91 Å². The first-order chi connectivity index (χ1) is 8.68. The third kappa shape index (κ3) is 3.22. The maximum absolute atomic E-state index is 12.2. The van der Waals surface area contributed by atoms with Gasteiger partial charge in [-0.1, -0.05) is 19.3 Å². The fourth-order valence-corrected chi connectivity index (χ4v) is 2.86. The van der Waals surface area contributed by atoms with Crippen LogP contribution in [0.25, 0.3) is 0 Å². The van der Waals surface area contributed by atoms with Crippen molar-refractivity contribution < 1.29 is 19.4 Å². The second kappa shape index (κ2) is 6.18. The van der Waals surface area contributed by atoms with Crippen LogP contribution in [0.3, 0.4) is 0 Å². The lowest BCUT2D eigenvalue weighted by Gasteiger charge is -2.34. The van der Waals surface area contributed by atoms with Crippen molar-refractivity contribution in [2.75, 3.05) is 19.8 Å². The van der Waals surface area contributed by atoms with Gasteiger partial charge in [0.15, 0.2) is 6.04 Å². The van der Waals surface area contributed by atoms with Crippen LogP contribution in [0.4, 0.5) is 0 Å². The normalized spacial score (nSPS) is 26.0. The highest BCUT2D eigenvalue weighted by molar-refractivity contribution is 5.84. The molecular weight excluding hydrogens is 234 g/mol. The number of carbonyl (C=O) groups is 2. The standard InChI is InChI=1S/C13H21NO4/c15-12(8-10-4-2-1-3-5-10)14-6-7-18-9-11(14)13(16)17/h10-11H,1-9H2,(H,16,17). The molecule has 1 atom stereocenters. The summed E-state index contributed by atoms with van der Waals surface area (Å²) in [5.41, 5.74) is 0. The lowest BCUT2D eigenvalue weighted by molar-refractivity contribution is -0.158. The van der Waals surface area contributed by atoms with Gasteiger partial charge in [-0.25, -0.2) is 4.79 Å². The Bertz CT molecular complexity index is 312. The van der Waals surface area contributed by atoms with E-state index in [9.17, 15) is 9.59 Å². The largest absolute Gasteiger partial charge is 0.480 e. The minimum absolute atomic E-state index is 0.0161. The molecule has 2 fully saturated rings. The Labute approximate surface area is 107 Å². The molecule has 0 bridgehead atoms. The quantitative estimate of drug-likeness (QED) is 0.824. The first-order valence-corrected chi connectivity index (χ1v) is 6.78. The molecule has 1 heterocycles. The third-order valence-corrected chi connectivity index (χ3v) is 3.92. The summed E-state index contributed by atoms with van der Waals surface area (Å²) in [6, 6.07) is -0.796. The molecule has 18 heavy (non-hydrogen) atoms. The van der Waals surface area contributed by atoms with E-state index in [1.807, 2.05) is 0 Å². The lowest BCUT2D eigenvalue weighted by atomic mass is 9.86. The lowest BCUT2D eigenvalue weighted by Crippen LogP contribution is -2.52. The summed E-state index contributed by atoms with van der Waals surface area (Å²) in [6.07, 6.45) is 6.37. The number of morpholine rings is 1. The van der Waals surface area contributed by atoms with E-state index in [1.165, 1.54) is 24.2 Å². The van der Waals surface area contributed by atoms with Crippen LogP contribution >= 0.6 is 0 Å². The van der Waals surface area contributed by atoms with E-state index in [4.69, 9.17) is 9.84 Å². The van der Waals surface area contributed by atoms with E-state index >= 15 is 0 Å². The first-order valence-electron chi connectivity index (χ1n) is 6.78. The number of nitrogens with zero attached hydrogens (tertiary/aromatic N) is 1. The number of hydrogen-bond donors (Lipinski definition) is 1. The van der Waals surface area contributed by atoms with Crippen molar-refractivity contribution >= 4 is 11.9 Å². The molecule has 5 heteroatoms. The van der Waals surface area contributed by atoms with Gasteiger partial charge in [-0.3, -0.25) is 4.79 Å². The highest BCUT2D eigenvalue weighted by Gasteiger charge is 2.33. The van der Waals surface area contributed by atoms with Crippen molar-refractivity contribution in [2.24, 2.45) is 5.92 Å². The van der Waals surface area contributed by atoms with Gasteiger partial charge < -0.3 is 14.7 Å². The number of carboxylic acid groups (broad SMARTS) is 1. The van der Waals surface area contributed by atoms with Crippen molar-refractivity contribution in [3.8, 4) is 0 Å². The molecule has 1 aliphatic heterocycles. The Morgan fingerprint density at radius 2 is 1.94 bits per heavy atom. The average molecular weight is 255 g/mol. The fourth-order valence-electron chi connectivity index (χ4n) is 2.86. The van der Waals surface area contributed by atoms with Gasteiger partial charge in [-0.05, 0) is 18.8 Å². The summed E-state index contributed by atoms with van der Waals surface area (Å²) in [4.78, 5) is 24.8. The summed E-state index contributed by atoms with van der Waals surface area (Å²) in [5, 5.41) is 9.09. The molecule has 1 aliphatic carbocycles. The molecule has 1 unspecified atom stereocenters. The molecule has 0 aromatic rings. The van der Waals surface area contributed by atoms with Crippen molar-refractivity contribution in [2.45, 2.75) is 44.6 Å². The molecule has 0 aromatic carbocycles. The molecule has 5 nitrogen and oxygen atoms in total. The van der Waals surface area contributed by atoms with Gasteiger partial charge in [0.1, 0.15) is 0 Å². The Morgan fingerprint density at radius 3 is 2.61 bits per heavy atom. The SMILES string of the molecule is O=C(O)C1COCCN1C(=O)CC1CCCCC1. The van der Waals surface area contributed by atoms with Crippen LogP contribution in [0.1, 0.15) is 38.5 Å². The van der Waals surface area contributed by atoms with E-state index < -0.39 is 12.0 Å². The van der Waals surface area contributed by atoms with Gasteiger partial charge in [-0.2, -0.15) is 0 Å². The van der Waals surface area contributed by atoms with E-state index in [0.717, 1.165) is 12.8 Å². The molecule has 2 aliphatic rings. The zero-order valence-corrected chi connectivity index (χ0v) is 10.6. The van der Waals surface area contributed by atoms with Gasteiger partial charge >= 0.3 is 5.97 Å². The van der Waals surface area contributed by atoms with Gasteiger partial charge in [0, 0.05) is 13.0 Å². The number of amides is 1. The molecular formula is C13H21NO4. The molecule has 2 rings (SSSR count). The summed E-state index contributed by atoms with van der Waals surface area (Å²) in [6.45, 7) is 0.967. The zero-order chi connectivity index (χ0) is 13.0. The minimum Gasteiger partial charge on any atom is -0.480 e. The average Bonchev–Trinajstić information content (AvgIpc) is 2.40. The maximum atomic E-state index is 12.2. The number of carbonyl (C=O) groups excluding carboxylic acids is 1. The van der Waals surface area contributed by atoms with Crippen LogP contribution in [-0.2, 0) is 14.3 Å². The smallest absolute Gasteiger partial charge is 0.328 e. The summed E-state index contributed by atoms with van der Waals surface area (Å²) < 4.78 is 5.14. The van der Waals surface area contributed by atoms with Gasteiger partial charge in [0.05, 0.1) is 13.2 Å². The van der Waals surface area contributed by atoms with Crippen LogP contribution in [0.5, 0.6) is 0 Å². The monoisotopic (exact) mass is 255 g/mol. The number of ether oxygens (including phenoxy) is 1. The van der Waals surface area contributed by atoms with E-state index in [-0.39, 0.29) is 12.5 Å². The minimum atomic E-state index is -0.966. The van der Waals surface area contributed by atoms with Crippen LogP contribution in [0.15, 0.2) is 0 Å². The summed E-state index contributed by atoms with van der Waals surface area (Å²) in [5.74, 6) is -0.534. The zero-order valence-electron chi connectivity index (χ0n) is 10.6. The fraction of sp³-hybridized carbons (Fsp3) is 0.846. The van der Waals surface area contributed by atoms with Crippen molar-refractivity contribution in [3.05, 3.63) is 0 Å². The van der Waals surface area contributed by atoms with Crippen LogP contribution in [0.2, 0.25) is 0 Å². The Hall–Kier alpha value is -1.10. The molecule has 1 N–H and O–H groups in total. The maximum Gasteiger partial charge on any atom is 0.328 e. The Morgan fingerprint density at radius 1 is 1.22 bits per heavy atom. The molecule has 0 radical (unpaired) electrons. The van der Waals surface area contributed by atoms with E-state index in [0.29, 0.717) is 25.5 Å². The van der Waals surface area contributed by atoms with Crippen molar-refractivity contribution in [1.82, 2.24) is 4.90 Å². The molecule has 1 amide bonds. The number of carboxylic acids is 1. The highest BCUT2D eigenvalue weighted by atomic mass is 16.5. The predicted molar refractivity (Wildman–Crippen MR) is 65.1 cm³/mol. The molecule has 1 saturated heterocycles. The second-order valence-corrected chi connectivity index (χ2v) is 5.22. The topological polar surface area (TPSA) is 66.8 Å². The van der Waals surface area contributed by atoms with Crippen molar-refractivity contribution in [1.29, 1.82) is 0 Å². The molecule has 102 valence electrons. The van der Waals surface area contributed by atoms with Crippen LogP contribution in [0, 0.1) is 5.92 Å². The van der Waals surface area contributed by atoms with E-state index in [1.54, 1.807) is 0 Å². The summed E-state index contributed by atoms with van der Waals surface area (Å²) >= 11 is 0. The molecule has 0 aromatic heterocycles. The third-order valence-electron chi connectivity index (χ3n) is 3.92. The van der Waals surface area contributed by atoms with Gasteiger partial charge in [0.25, 0.3) is 0 Å². The first kappa shape index (κ1) is 13.3. The number of aliphatic carboxylic acids is 1.